The Morgan fingerprint density at radius 2 is 1.90 bits per heavy atom. The highest BCUT2D eigenvalue weighted by molar-refractivity contribution is 8.14. The van der Waals surface area contributed by atoms with Gasteiger partial charge in [-0.1, -0.05) is 41.6 Å². The number of carbonyl (C=O) groups excluding carboxylic acids is 2. The lowest BCUT2D eigenvalue weighted by Gasteiger charge is -2.28. The van der Waals surface area contributed by atoms with Crippen LogP contribution in [0.5, 0.6) is 0 Å². The molecule has 3 rings (SSSR count). The molecule has 8 nitrogen and oxygen atoms in total. The second kappa shape index (κ2) is 9.96. The molecule has 1 aromatic carbocycles. The third-order valence-electron chi connectivity index (χ3n) is 5.69. The Bertz CT molecular complexity index is 734. The average Bonchev–Trinajstić information content (AvgIpc) is 3.07. The predicted molar refractivity (Wildman–Crippen MR) is 110 cm³/mol. The molecule has 1 aliphatic carbocycles. The molecule has 2 unspecified atom stereocenters. The molecule has 2 atom stereocenters. The summed E-state index contributed by atoms with van der Waals surface area (Å²) in [6.45, 7) is 2.74. The minimum Gasteiger partial charge on any atom is -0.354 e. The van der Waals surface area contributed by atoms with Crippen LogP contribution in [0, 0.1) is 28.9 Å². The Labute approximate surface area is 174 Å². The van der Waals surface area contributed by atoms with Crippen LogP contribution >= 0.6 is 11.8 Å². The molecule has 2 N–H and O–H groups in total. The fourth-order valence-electron chi connectivity index (χ4n) is 3.93. The molecule has 1 aromatic rings. The summed E-state index contributed by atoms with van der Waals surface area (Å²) in [5, 5.41) is 15.1. The summed E-state index contributed by atoms with van der Waals surface area (Å²) in [5.41, 5.74) is 2.29. The maximum atomic E-state index is 12.7. The number of nitrogens with one attached hydrogen (secondary N) is 2. The van der Waals surface area contributed by atoms with Gasteiger partial charge in [0.2, 0.25) is 5.91 Å². The van der Waals surface area contributed by atoms with E-state index < -0.39 is 11.1 Å². The molecule has 1 heterocycles. The van der Waals surface area contributed by atoms with Crippen LogP contribution in [0.3, 0.4) is 0 Å². The highest BCUT2D eigenvalue weighted by Gasteiger charge is 2.38. The van der Waals surface area contributed by atoms with E-state index in [-0.39, 0.29) is 28.9 Å². The second-order valence-electron chi connectivity index (χ2n) is 7.91. The van der Waals surface area contributed by atoms with Crippen LogP contribution in [0.2, 0.25) is 0 Å². The third-order valence-corrected chi connectivity index (χ3v) is 6.76. The molecule has 9 heteroatoms. The first-order valence-corrected chi connectivity index (χ1v) is 10.9. The van der Waals surface area contributed by atoms with Gasteiger partial charge in [0.15, 0.2) is 0 Å². The highest BCUT2D eigenvalue weighted by atomic mass is 32.2. The van der Waals surface area contributed by atoms with Gasteiger partial charge >= 0.3 is 0 Å². The maximum Gasteiger partial charge on any atom is 0.294 e. The fraction of sp³-hybridized carbons (Fsp3) is 0.600. The van der Waals surface area contributed by atoms with E-state index in [1.807, 2.05) is 31.2 Å². The van der Waals surface area contributed by atoms with Crippen molar-refractivity contribution in [1.29, 1.82) is 0 Å². The van der Waals surface area contributed by atoms with Crippen LogP contribution in [0.4, 0.5) is 4.79 Å². The molecule has 29 heavy (non-hydrogen) atoms. The number of aryl methyl sites for hydroxylation is 1. The molecule has 0 aromatic heterocycles. The van der Waals surface area contributed by atoms with Gasteiger partial charge in [-0.25, -0.2) is 0 Å². The van der Waals surface area contributed by atoms with Crippen LogP contribution in [0.1, 0.15) is 36.8 Å². The van der Waals surface area contributed by atoms with Crippen molar-refractivity contribution in [3.05, 3.63) is 45.5 Å². The molecule has 158 valence electrons. The number of rotatable bonds is 8. The van der Waals surface area contributed by atoms with Crippen molar-refractivity contribution < 1.29 is 19.5 Å². The number of nitrogens with zero attached hydrogens (tertiary/aromatic N) is 1. The van der Waals surface area contributed by atoms with Gasteiger partial charge in [0.05, 0.1) is 6.61 Å². The SMILES string of the molecule is Cc1ccc(CC2SC(=O)NC2C(=O)NCC2CCC(CO[N+](=O)[O-])CC2)cc1. The van der Waals surface area contributed by atoms with Crippen molar-refractivity contribution in [2.75, 3.05) is 13.2 Å². The van der Waals surface area contributed by atoms with Crippen molar-refractivity contribution in [3.8, 4) is 0 Å². The summed E-state index contributed by atoms with van der Waals surface area (Å²) < 4.78 is 0. The van der Waals surface area contributed by atoms with Crippen molar-refractivity contribution in [2.24, 2.45) is 11.8 Å². The standard InChI is InChI=1S/C20H27N3O5S/c1-13-2-4-14(5-3-13)10-17-18(22-20(25)29-17)19(24)21-11-15-6-8-16(9-7-15)12-28-23(26)27/h2-5,15-18H,6-12H2,1H3,(H,21,24)(H,22,25). The van der Waals surface area contributed by atoms with Crippen molar-refractivity contribution >= 4 is 22.9 Å². The first kappa shape index (κ1) is 21.4. The van der Waals surface area contributed by atoms with Crippen LogP contribution in [0.15, 0.2) is 24.3 Å². The Balaban J connectivity index is 1.45. The molecule has 0 radical (unpaired) electrons. The van der Waals surface area contributed by atoms with Gasteiger partial charge in [-0.2, -0.15) is 0 Å². The van der Waals surface area contributed by atoms with Gasteiger partial charge in [-0.15, -0.1) is 10.1 Å². The largest absolute Gasteiger partial charge is 0.354 e. The summed E-state index contributed by atoms with van der Waals surface area (Å²) in [5.74, 6) is 0.419. The monoisotopic (exact) mass is 421 g/mol. The minimum atomic E-state index is -0.743. The Kier molecular flexibility index (Phi) is 7.35. The number of hydrogen-bond donors (Lipinski definition) is 2. The lowest BCUT2D eigenvalue weighted by Crippen LogP contribution is -2.48. The third kappa shape index (κ3) is 6.35. The molecule has 0 spiro atoms. The van der Waals surface area contributed by atoms with Gasteiger partial charge in [0, 0.05) is 11.8 Å². The number of hydrogen-bond acceptors (Lipinski definition) is 6. The van der Waals surface area contributed by atoms with Crippen molar-refractivity contribution in [2.45, 2.75) is 50.3 Å². The topological polar surface area (TPSA) is 111 Å². The zero-order valence-corrected chi connectivity index (χ0v) is 17.3. The molecular formula is C20H27N3O5S. The van der Waals surface area contributed by atoms with Crippen LogP contribution in [-0.4, -0.2) is 40.7 Å². The molecule has 0 bridgehead atoms. The molecule has 2 aliphatic rings. The predicted octanol–water partition coefficient (Wildman–Crippen LogP) is 2.86. The van der Waals surface area contributed by atoms with Crippen LogP contribution in [-0.2, 0) is 16.1 Å². The summed E-state index contributed by atoms with van der Waals surface area (Å²) in [6.07, 6.45) is 4.19. The highest BCUT2D eigenvalue weighted by Crippen LogP contribution is 2.30. The lowest BCUT2D eigenvalue weighted by atomic mass is 9.82. The van der Waals surface area contributed by atoms with Crippen molar-refractivity contribution in [3.63, 3.8) is 0 Å². The van der Waals surface area contributed by atoms with Crippen LogP contribution in [0.25, 0.3) is 0 Å². The molecular weight excluding hydrogens is 394 g/mol. The van der Waals surface area contributed by atoms with E-state index in [4.69, 9.17) is 0 Å². The molecule has 1 aliphatic heterocycles. The van der Waals surface area contributed by atoms with E-state index in [2.05, 4.69) is 15.5 Å². The Morgan fingerprint density at radius 3 is 2.55 bits per heavy atom. The average molecular weight is 422 g/mol. The van der Waals surface area contributed by atoms with Crippen molar-refractivity contribution in [1.82, 2.24) is 10.6 Å². The summed E-state index contributed by atoms with van der Waals surface area (Å²) in [7, 11) is 0. The quantitative estimate of drug-likeness (QED) is 0.493. The molecule has 1 saturated heterocycles. The van der Waals surface area contributed by atoms with E-state index in [0.717, 1.165) is 31.2 Å². The van der Waals surface area contributed by atoms with E-state index in [9.17, 15) is 19.7 Å². The number of amides is 2. The number of thioether (sulfide) groups is 1. The van der Waals surface area contributed by atoms with Gasteiger partial charge in [-0.05, 0) is 56.4 Å². The first-order valence-electron chi connectivity index (χ1n) is 9.98. The van der Waals surface area contributed by atoms with Crippen LogP contribution < -0.4 is 10.6 Å². The van der Waals surface area contributed by atoms with E-state index in [1.54, 1.807) is 0 Å². The zero-order chi connectivity index (χ0) is 20.8. The van der Waals surface area contributed by atoms with Gasteiger partial charge in [-0.3, -0.25) is 9.59 Å². The molecule has 1 saturated carbocycles. The van der Waals surface area contributed by atoms with E-state index >= 15 is 0 Å². The lowest BCUT2D eigenvalue weighted by molar-refractivity contribution is -0.759. The Hall–Kier alpha value is -2.29. The van der Waals surface area contributed by atoms with Gasteiger partial charge in [0.1, 0.15) is 6.04 Å². The number of benzene rings is 1. The second-order valence-corrected chi connectivity index (χ2v) is 9.12. The van der Waals surface area contributed by atoms with E-state index in [1.165, 1.54) is 17.3 Å². The Morgan fingerprint density at radius 1 is 1.24 bits per heavy atom. The fourth-order valence-corrected chi connectivity index (χ4v) is 5.01. The van der Waals surface area contributed by atoms with Gasteiger partial charge < -0.3 is 15.5 Å². The first-order chi connectivity index (χ1) is 13.9. The maximum absolute atomic E-state index is 12.7. The zero-order valence-electron chi connectivity index (χ0n) is 16.5. The number of carbonyl (C=O) groups is 2. The minimum absolute atomic E-state index is 0.125. The summed E-state index contributed by atoms with van der Waals surface area (Å²) in [4.78, 5) is 39.3. The normalized spacial score (nSPS) is 26.6. The summed E-state index contributed by atoms with van der Waals surface area (Å²) in [6, 6.07) is 7.61. The van der Waals surface area contributed by atoms with Gasteiger partial charge in [0.25, 0.3) is 10.3 Å². The summed E-state index contributed by atoms with van der Waals surface area (Å²) >= 11 is 1.19. The van der Waals surface area contributed by atoms with E-state index in [0.29, 0.717) is 18.9 Å². The molecule has 2 fully saturated rings. The smallest absolute Gasteiger partial charge is 0.294 e. The molecule has 2 amide bonds.